The van der Waals surface area contributed by atoms with Crippen LogP contribution in [0.2, 0.25) is 0 Å². The van der Waals surface area contributed by atoms with Crippen LogP contribution in [0.5, 0.6) is 0 Å². The van der Waals surface area contributed by atoms with E-state index in [2.05, 4.69) is 0 Å². The minimum Gasteiger partial charge on any atom is -0.282 e. The SMILES string of the molecule is CCSC(=O)C1=CCN(S(=O)(=O)c2cccc(F)c2)C1. The Kier molecular flexibility index (Phi) is 4.62. The van der Waals surface area contributed by atoms with Gasteiger partial charge in [0.25, 0.3) is 0 Å². The van der Waals surface area contributed by atoms with E-state index in [-0.39, 0.29) is 23.1 Å². The molecule has 1 aliphatic rings. The van der Waals surface area contributed by atoms with E-state index in [1.807, 2.05) is 6.92 Å². The summed E-state index contributed by atoms with van der Waals surface area (Å²) in [6.07, 6.45) is 1.61. The van der Waals surface area contributed by atoms with Crippen molar-refractivity contribution in [2.24, 2.45) is 0 Å². The van der Waals surface area contributed by atoms with E-state index in [0.717, 1.165) is 17.8 Å². The second kappa shape index (κ2) is 6.07. The monoisotopic (exact) mass is 315 g/mol. The van der Waals surface area contributed by atoms with Crippen LogP contribution in [0.15, 0.2) is 40.8 Å². The first-order valence-corrected chi connectivity index (χ1v) is 8.49. The Morgan fingerprint density at radius 3 is 2.85 bits per heavy atom. The predicted molar refractivity (Wildman–Crippen MR) is 76.4 cm³/mol. The number of nitrogens with zero attached hydrogens (tertiary/aromatic N) is 1. The zero-order valence-electron chi connectivity index (χ0n) is 10.9. The summed E-state index contributed by atoms with van der Waals surface area (Å²) < 4.78 is 38.9. The fourth-order valence-corrected chi connectivity index (χ4v) is 3.85. The fourth-order valence-electron chi connectivity index (χ4n) is 1.86. The number of carbonyl (C=O) groups excluding carboxylic acids is 1. The second-order valence-electron chi connectivity index (χ2n) is 4.20. The van der Waals surface area contributed by atoms with Crippen molar-refractivity contribution in [2.75, 3.05) is 18.8 Å². The third-order valence-electron chi connectivity index (χ3n) is 2.86. The van der Waals surface area contributed by atoms with Crippen molar-refractivity contribution in [1.29, 1.82) is 0 Å². The molecule has 0 N–H and O–H groups in total. The topological polar surface area (TPSA) is 54.5 Å². The van der Waals surface area contributed by atoms with Gasteiger partial charge in [-0.15, -0.1) is 0 Å². The molecule has 0 aromatic heterocycles. The summed E-state index contributed by atoms with van der Waals surface area (Å²) in [5.74, 6) is 0.0448. The molecule has 7 heteroatoms. The number of benzene rings is 1. The Balaban J connectivity index is 2.16. The van der Waals surface area contributed by atoms with E-state index in [1.165, 1.54) is 22.5 Å². The van der Waals surface area contributed by atoms with E-state index in [9.17, 15) is 17.6 Å². The fraction of sp³-hybridized carbons (Fsp3) is 0.308. The Bertz CT molecular complexity index is 655. The highest BCUT2D eigenvalue weighted by atomic mass is 32.2. The van der Waals surface area contributed by atoms with Crippen LogP contribution in [0, 0.1) is 5.82 Å². The molecule has 2 rings (SSSR count). The number of carbonyl (C=O) groups is 1. The van der Waals surface area contributed by atoms with Crippen molar-refractivity contribution in [3.63, 3.8) is 0 Å². The lowest BCUT2D eigenvalue weighted by Gasteiger charge is -2.16. The first-order valence-electron chi connectivity index (χ1n) is 6.07. The molecule has 0 unspecified atom stereocenters. The molecule has 1 heterocycles. The van der Waals surface area contributed by atoms with Gasteiger partial charge < -0.3 is 0 Å². The highest BCUT2D eigenvalue weighted by Crippen LogP contribution is 2.23. The summed E-state index contributed by atoms with van der Waals surface area (Å²) in [7, 11) is -3.76. The number of halogens is 1. The number of hydrogen-bond acceptors (Lipinski definition) is 4. The lowest BCUT2D eigenvalue weighted by atomic mass is 10.3. The van der Waals surface area contributed by atoms with Gasteiger partial charge in [0.15, 0.2) is 0 Å². The summed E-state index contributed by atoms with van der Waals surface area (Å²) in [6.45, 7) is 2.05. The molecule has 0 amide bonds. The van der Waals surface area contributed by atoms with E-state index < -0.39 is 15.8 Å². The molecule has 0 radical (unpaired) electrons. The maximum absolute atomic E-state index is 13.1. The van der Waals surface area contributed by atoms with Crippen molar-refractivity contribution in [3.8, 4) is 0 Å². The van der Waals surface area contributed by atoms with Crippen LogP contribution < -0.4 is 0 Å². The Labute approximate surface area is 121 Å². The normalized spacial score (nSPS) is 16.2. The summed E-state index contributed by atoms with van der Waals surface area (Å²) in [6, 6.07) is 4.87. The van der Waals surface area contributed by atoms with Crippen LogP contribution in [0.1, 0.15) is 6.92 Å². The lowest BCUT2D eigenvalue weighted by Crippen LogP contribution is -2.29. The van der Waals surface area contributed by atoms with E-state index in [0.29, 0.717) is 11.3 Å². The quantitative estimate of drug-likeness (QED) is 0.853. The van der Waals surface area contributed by atoms with Gasteiger partial charge in [-0.1, -0.05) is 30.8 Å². The molecular formula is C13H14FNO3S2. The van der Waals surface area contributed by atoms with Gasteiger partial charge in [-0.25, -0.2) is 12.8 Å². The summed E-state index contributed by atoms with van der Waals surface area (Å²) >= 11 is 1.15. The van der Waals surface area contributed by atoms with Crippen LogP contribution in [0.3, 0.4) is 0 Å². The molecule has 20 heavy (non-hydrogen) atoms. The van der Waals surface area contributed by atoms with E-state index >= 15 is 0 Å². The average molecular weight is 315 g/mol. The smallest absolute Gasteiger partial charge is 0.243 e. The van der Waals surface area contributed by atoms with Gasteiger partial charge in [0.2, 0.25) is 15.1 Å². The van der Waals surface area contributed by atoms with Gasteiger partial charge >= 0.3 is 0 Å². The largest absolute Gasteiger partial charge is 0.282 e. The lowest BCUT2D eigenvalue weighted by molar-refractivity contribution is -0.107. The number of hydrogen-bond donors (Lipinski definition) is 0. The molecule has 0 saturated heterocycles. The third-order valence-corrected chi connectivity index (χ3v) is 5.48. The zero-order chi connectivity index (χ0) is 14.8. The molecule has 1 aromatic carbocycles. The highest BCUT2D eigenvalue weighted by molar-refractivity contribution is 8.14. The van der Waals surface area contributed by atoms with Gasteiger partial charge in [0, 0.05) is 18.7 Å². The Morgan fingerprint density at radius 2 is 2.20 bits per heavy atom. The molecule has 0 fully saturated rings. The summed E-state index contributed by atoms with van der Waals surface area (Å²) in [5, 5.41) is -0.107. The van der Waals surface area contributed by atoms with Crippen LogP contribution in [-0.2, 0) is 14.8 Å². The minimum atomic E-state index is -3.76. The highest BCUT2D eigenvalue weighted by Gasteiger charge is 2.30. The molecule has 1 aromatic rings. The predicted octanol–water partition coefficient (Wildman–Crippen LogP) is 2.04. The summed E-state index contributed by atoms with van der Waals surface area (Å²) in [5.41, 5.74) is 0.483. The standard InChI is InChI=1S/C13H14FNO3S2/c1-2-19-13(16)10-6-7-15(9-10)20(17,18)12-5-3-4-11(14)8-12/h3-6,8H,2,7,9H2,1H3. The molecule has 0 aliphatic carbocycles. The number of rotatable bonds is 4. The number of sulfonamides is 1. The van der Waals surface area contributed by atoms with Gasteiger partial charge in [0.05, 0.1) is 4.90 Å². The number of thioether (sulfide) groups is 1. The summed E-state index contributed by atoms with van der Waals surface area (Å²) in [4.78, 5) is 11.6. The van der Waals surface area contributed by atoms with Gasteiger partial charge in [0.1, 0.15) is 5.82 Å². The van der Waals surface area contributed by atoms with Gasteiger partial charge in [-0.2, -0.15) is 4.31 Å². The van der Waals surface area contributed by atoms with Crippen LogP contribution >= 0.6 is 11.8 Å². The van der Waals surface area contributed by atoms with E-state index in [4.69, 9.17) is 0 Å². The van der Waals surface area contributed by atoms with Gasteiger partial charge in [-0.3, -0.25) is 4.79 Å². The molecule has 0 saturated carbocycles. The second-order valence-corrected chi connectivity index (χ2v) is 7.38. The zero-order valence-corrected chi connectivity index (χ0v) is 12.5. The molecule has 108 valence electrons. The first-order chi connectivity index (χ1) is 9.45. The first kappa shape index (κ1) is 15.2. The van der Waals surface area contributed by atoms with E-state index in [1.54, 1.807) is 6.08 Å². The molecule has 1 aliphatic heterocycles. The van der Waals surface area contributed by atoms with Crippen molar-refractivity contribution >= 4 is 26.9 Å². The molecule has 4 nitrogen and oxygen atoms in total. The maximum atomic E-state index is 13.1. The van der Waals surface area contributed by atoms with Crippen LogP contribution in [0.25, 0.3) is 0 Å². The van der Waals surface area contributed by atoms with Crippen molar-refractivity contribution < 1.29 is 17.6 Å². The minimum absolute atomic E-state index is 0.0463. The molecular weight excluding hydrogens is 301 g/mol. The third kappa shape index (κ3) is 3.11. The van der Waals surface area contributed by atoms with Crippen molar-refractivity contribution in [3.05, 3.63) is 41.7 Å². The van der Waals surface area contributed by atoms with Crippen LogP contribution in [-0.4, -0.2) is 36.7 Å². The average Bonchev–Trinajstić information content (AvgIpc) is 2.89. The molecule has 0 atom stereocenters. The molecule has 0 bridgehead atoms. The van der Waals surface area contributed by atoms with Crippen molar-refractivity contribution in [1.82, 2.24) is 4.31 Å². The van der Waals surface area contributed by atoms with Gasteiger partial charge in [-0.05, 0) is 24.0 Å². The maximum Gasteiger partial charge on any atom is 0.243 e. The van der Waals surface area contributed by atoms with Crippen molar-refractivity contribution in [2.45, 2.75) is 11.8 Å². The Morgan fingerprint density at radius 1 is 1.45 bits per heavy atom. The van der Waals surface area contributed by atoms with Crippen LogP contribution in [0.4, 0.5) is 4.39 Å². The Hall–Kier alpha value is -1.18. The molecule has 0 spiro atoms.